The van der Waals surface area contributed by atoms with Crippen LogP contribution in [0, 0.1) is 11.6 Å². The fourth-order valence-corrected chi connectivity index (χ4v) is 5.45. The summed E-state index contributed by atoms with van der Waals surface area (Å²) in [7, 11) is -2.95. The van der Waals surface area contributed by atoms with Crippen LogP contribution in [0.25, 0.3) is 0 Å². The third-order valence-corrected chi connectivity index (χ3v) is 8.03. The molecule has 3 aromatic carbocycles. The van der Waals surface area contributed by atoms with Gasteiger partial charge in [-0.25, -0.2) is 21.9 Å². The fourth-order valence-electron chi connectivity index (χ4n) is 4.47. The molecule has 1 aliphatic rings. The van der Waals surface area contributed by atoms with Crippen molar-refractivity contribution in [3.63, 3.8) is 0 Å². The number of nitrogens with one attached hydrogen (secondary N) is 2. The van der Waals surface area contributed by atoms with Crippen molar-refractivity contribution in [3.05, 3.63) is 112 Å². The number of ether oxygens (including phenoxy) is 3. The van der Waals surface area contributed by atoms with E-state index >= 15 is 0 Å². The Hall–Kier alpha value is -4.75. The summed E-state index contributed by atoms with van der Waals surface area (Å²) in [5, 5.41) is 0. The van der Waals surface area contributed by atoms with Crippen LogP contribution in [0.4, 0.5) is 20.2 Å². The van der Waals surface area contributed by atoms with Gasteiger partial charge in [-0.3, -0.25) is 9.59 Å². The standard InChI is InChI=1S/C30H27F2N3O7S/c1-40-26-13-10-22(16-27(26)42-28-5-3-15-41-28)35(18-20-4-2-14-33-29(20)36)21-8-6-19(7-9-21)30(37)34-43(38,39)23-11-12-24(31)25(32)17-23/h2,4,6-14,16-17,28H,3,5,15,18H2,1H3,(H,33,36)(H,34,37)/t28-/m1/s1. The molecular formula is C30H27F2N3O7S. The molecule has 13 heteroatoms. The fraction of sp³-hybridized carbons (Fsp3) is 0.200. The number of benzene rings is 3. The summed E-state index contributed by atoms with van der Waals surface area (Å²) in [4.78, 5) is 29.2. The van der Waals surface area contributed by atoms with Crippen molar-refractivity contribution in [2.24, 2.45) is 0 Å². The third-order valence-electron chi connectivity index (χ3n) is 6.70. The molecule has 0 spiro atoms. The highest BCUT2D eigenvalue weighted by Crippen LogP contribution is 2.37. The SMILES string of the molecule is COc1ccc(N(Cc2ccc[nH]c2=O)c2ccc(C(=O)NS(=O)(=O)c3ccc(F)c(F)c3)cc2)cc1O[C@@H]1CCCO1. The van der Waals surface area contributed by atoms with Crippen LogP contribution in [-0.4, -0.2) is 39.3 Å². The van der Waals surface area contributed by atoms with Gasteiger partial charge in [-0.1, -0.05) is 6.07 Å². The Morgan fingerprint density at radius 3 is 2.47 bits per heavy atom. The van der Waals surface area contributed by atoms with E-state index in [-0.39, 0.29) is 17.7 Å². The molecule has 1 aromatic heterocycles. The molecule has 10 nitrogen and oxygen atoms in total. The summed E-state index contributed by atoms with van der Waals surface area (Å²) in [6.45, 7) is 0.732. The maximum absolute atomic E-state index is 13.6. The number of amides is 1. The van der Waals surface area contributed by atoms with Crippen LogP contribution < -0.4 is 24.7 Å². The monoisotopic (exact) mass is 611 g/mol. The molecule has 0 unspecified atom stereocenters. The Kier molecular flexibility index (Phi) is 8.73. The molecule has 0 saturated carbocycles. The molecule has 2 heterocycles. The first-order valence-electron chi connectivity index (χ1n) is 13.2. The molecule has 0 bridgehead atoms. The van der Waals surface area contributed by atoms with Gasteiger partial charge in [0.2, 0.25) is 0 Å². The van der Waals surface area contributed by atoms with Crippen LogP contribution in [0.5, 0.6) is 11.5 Å². The Morgan fingerprint density at radius 1 is 1.02 bits per heavy atom. The highest BCUT2D eigenvalue weighted by Gasteiger charge is 2.23. The average Bonchev–Trinajstić information content (AvgIpc) is 3.51. The molecular weight excluding hydrogens is 584 g/mol. The first-order valence-corrected chi connectivity index (χ1v) is 14.7. The number of H-pyrrole nitrogens is 1. The number of hydrogen-bond donors (Lipinski definition) is 2. The quantitative estimate of drug-likeness (QED) is 0.266. The van der Waals surface area contributed by atoms with Gasteiger partial charge in [0, 0.05) is 41.2 Å². The van der Waals surface area contributed by atoms with Gasteiger partial charge in [0.05, 0.1) is 25.2 Å². The number of methoxy groups -OCH3 is 1. The third kappa shape index (κ3) is 6.84. The largest absolute Gasteiger partial charge is 0.493 e. The average molecular weight is 612 g/mol. The van der Waals surface area contributed by atoms with Crippen LogP contribution in [0.3, 0.4) is 0 Å². The van der Waals surface area contributed by atoms with Gasteiger partial charge >= 0.3 is 0 Å². The maximum Gasteiger partial charge on any atom is 0.264 e. The lowest BCUT2D eigenvalue weighted by atomic mass is 10.1. The summed E-state index contributed by atoms with van der Waals surface area (Å²) in [5.41, 5.74) is 1.37. The lowest BCUT2D eigenvalue weighted by molar-refractivity contribution is -0.0402. The minimum Gasteiger partial charge on any atom is -0.493 e. The number of anilines is 2. The van der Waals surface area contributed by atoms with Gasteiger partial charge in [-0.05, 0) is 67.1 Å². The van der Waals surface area contributed by atoms with E-state index in [0.29, 0.717) is 47.2 Å². The minimum absolute atomic E-state index is 0.00967. The van der Waals surface area contributed by atoms with E-state index in [2.05, 4.69) is 4.98 Å². The number of nitrogens with zero attached hydrogens (tertiary/aromatic N) is 1. The van der Waals surface area contributed by atoms with Crippen molar-refractivity contribution in [2.75, 3.05) is 18.6 Å². The van der Waals surface area contributed by atoms with Crippen LogP contribution in [0.2, 0.25) is 0 Å². The molecule has 1 fully saturated rings. The molecule has 1 atom stereocenters. The van der Waals surface area contributed by atoms with Crippen molar-refractivity contribution >= 4 is 27.3 Å². The second-order valence-electron chi connectivity index (χ2n) is 9.56. The number of rotatable bonds is 10. The van der Waals surface area contributed by atoms with Crippen molar-refractivity contribution in [1.82, 2.24) is 9.71 Å². The van der Waals surface area contributed by atoms with Gasteiger partial charge in [-0.15, -0.1) is 0 Å². The number of halogens is 2. The summed E-state index contributed by atoms with van der Waals surface area (Å²) in [6, 6.07) is 16.6. The summed E-state index contributed by atoms with van der Waals surface area (Å²) >= 11 is 0. The zero-order valence-electron chi connectivity index (χ0n) is 22.9. The normalized spacial score (nSPS) is 14.7. The summed E-state index contributed by atoms with van der Waals surface area (Å²) in [6.07, 6.45) is 2.71. The lowest BCUT2D eigenvalue weighted by Gasteiger charge is -2.26. The molecule has 0 radical (unpaired) electrons. The topological polar surface area (TPSA) is 127 Å². The van der Waals surface area contributed by atoms with E-state index in [1.54, 1.807) is 42.5 Å². The second-order valence-corrected chi connectivity index (χ2v) is 11.2. The predicted molar refractivity (Wildman–Crippen MR) is 153 cm³/mol. The molecule has 1 saturated heterocycles. The molecule has 0 aliphatic carbocycles. The Morgan fingerprint density at radius 2 is 1.79 bits per heavy atom. The van der Waals surface area contributed by atoms with E-state index in [9.17, 15) is 26.8 Å². The van der Waals surface area contributed by atoms with Crippen molar-refractivity contribution in [2.45, 2.75) is 30.6 Å². The predicted octanol–water partition coefficient (Wildman–Crippen LogP) is 4.63. The Bertz CT molecular complexity index is 1790. The molecule has 1 aliphatic heterocycles. The lowest BCUT2D eigenvalue weighted by Crippen LogP contribution is -2.30. The van der Waals surface area contributed by atoms with E-state index in [1.807, 2.05) is 9.62 Å². The van der Waals surface area contributed by atoms with E-state index in [4.69, 9.17) is 14.2 Å². The van der Waals surface area contributed by atoms with Crippen LogP contribution in [-0.2, 0) is 21.3 Å². The van der Waals surface area contributed by atoms with Gasteiger partial charge in [-0.2, -0.15) is 0 Å². The minimum atomic E-state index is -4.47. The van der Waals surface area contributed by atoms with Crippen molar-refractivity contribution < 1.29 is 36.2 Å². The highest BCUT2D eigenvalue weighted by atomic mass is 32.2. The summed E-state index contributed by atoms with van der Waals surface area (Å²) in [5.74, 6) is -2.62. The van der Waals surface area contributed by atoms with Crippen LogP contribution in [0.1, 0.15) is 28.8 Å². The molecule has 43 heavy (non-hydrogen) atoms. The van der Waals surface area contributed by atoms with E-state index < -0.39 is 38.8 Å². The highest BCUT2D eigenvalue weighted by molar-refractivity contribution is 7.90. The Balaban J connectivity index is 1.44. The first-order chi connectivity index (χ1) is 20.6. The molecule has 224 valence electrons. The number of hydrogen-bond acceptors (Lipinski definition) is 8. The number of carbonyl (C=O) groups is 1. The summed E-state index contributed by atoms with van der Waals surface area (Å²) < 4.78 is 71.0. The maximum atomic E-state index is 13.6. The second kappa shape index (κ2) is 12.6. The van der Waals surface area contributed by atoms with Gasteiger partial charge < -0.3 is 24.1 Å². The molecule has 5 rings (SSSR count). The number of sulfonamides is 1. The zero-order chi connectivity index (χ0) is 30.6. The number of aromatic amines is 1. The van der Waals surface area contributed by atoms with Crippen molar-refractivity contribution in [3.8, 4) is 11.5 Å². The molecule has 2 N–H and O–H groups in total. The van der Waals surface area contributed by atoms with Crippen molar-refractivity contribution in [1.29, 1.82) is 0 Å². The molecule has 1 amide bonds. The smallest absolute Gasteiger partial charge is 0.264 e. The van der Waals surface area contributed by atoms with E-state index in [0.717, 1.165) is 18.9 Å². The Labute approximate surface area is 245 Å². The van der Waals surface area contributed by atoms with E-state index in [1.165, 1.54) is 25.4 Å². The van der Waals surface area contributed by atoms with Crippen LogP contribution in [0.15, 0.2) is 88.7 Å². The van der Waals surface area contributed by atoms with Crippen LogP contribution >= 0.6 is 0 Å². The number of aromatic nitrogens is 1. The number of carbonyl (C=O) groups excluding carboxylic acids is 1. The molecule has 4 aromatic rings. The zero-order valence-corrected chi connectivity index (χ0v) is 23.7. The van der Waals surface area contributed by atoms with Gasteiger partial charge in [0.15, 0.2) is 29.4 Å². The number of pyridine rings is 1. The van der Waals surface area contributed by atoms with Gasteiger partial charge in [0.25, 0.3) is 21.5 Å². The van der Waals surface area contributed by atoms with Gasteiger partial charge in [0.1, 0.15) is 0 Å². The first kappa shape index (κ1) is 29.7.